The van der Waals surface area contributed by atoms with Crippen LogP contribution in [0.1, 0.15) is 15.9 Å². The molecule has 0 aliphatic rings. The molecular formula is C21H21NO3. The lowest BCUT2D eigenvalue weighted by Crippen LogP contribution is -1.98. The fraction of sp³-hybridized carbons (Fsp3) is 0.0476. The maximum absolute atomic E-state index is 10.5. The lowest BCUT2D eigenvalue weighted by atomic mass is 10.0. The highest BCUT2D eigenvalue weighted by atomic mass is 16.4. The molecule has 25 heavy (non-hydrogen) atoms. The van der Waals surface area contributed by atoms with E-state index >= 15 is 0 Å². The maximum atomic E-state index is 10.5. The first-order chi connectivity index (χ1) is 11.7. The zero-order chi connectivity index (χ0) is 17.2. The summed E-state index contributed by atoms with van der Waals surface area (Å²) < 4.78 is 0. The molecule has 4 nitrogen and oxygen atoms in total. The minimum absolute atomic E-state index is 0. The third kappa shape index (κ3) is 6.81. The van der Waals surface area contributed by atoms with Gasteiger partial charge in [0, 0.05) is 5.56 Å². The highest BCUT2D eigenvalue weighted by Crippen LogP contribution is 2.18. The number of carboxylic acid groups (broad SMARTS) is 1. The van der Waals surface area contributed by atoms with Crippen molar-refractivity contribution in [3.8, 4) is 11.1 Å². The van der Waals surface area contributed by atoms with Crippen LogP contribution in [0.25, 0.3) is 11.1 Å². The number of benzene rings is 3. The summed E-state index contributed by atoms with van der Waals surface area (Å²) in [5.41, 5.74) is 3.86. The number of carbonyl (C=O) groups excluding carboxylic acids is 1. The molecule has 0 radical (unpaired) electrons. The molecule has 128 valence electrons. The highest BCUT2D eigenvalue weighted by molar-refractivity contribution is 5.76. The first-order valence-corrected chi connectivity index (χ1v) is 7.55. The van der Waals surface area contributed by atoms with Gasteiger partial charge in [0.05, 0.1) is 6.42 Å². The molecule has 0 heterocycles. The summed E-state index contributed by atoms with van der Waals surface area (Å²) in [6.45, 7) is 0. The molecule has 4 heteroatoms. The lowest BCUT2D eigenvalue weighted by molar-refractivity contribution is -0.136. The van der Waals surface area contributed by atoms with E-state index in [0.29, 0.717) is 5.56 Å². The number of hydrogen-bond acceptors (Lipinski definition) is 3. The SMILES string of the molecule is N.O=C(O)Cc1ccccc1.O=Cc1ccc(-c2ccccc2)cc1. The predicted molar refractivity (Wildman–Crippen MR) is 100 cm³/mol. The van der Waals surface area contributed by atoms with Crippen molar-refractivity contribution in [1.29, 1.82) is 0 Å². The van der Waals surface area contributed by atoms with E-state index in [1.807, 2.05) is 60.7 Å². The summed E-state index contributed by atoms with van der Waals surface area (Å²) >= 11 is 0. The number of aliphatic carboxylic acids is 1. The van der Waals surface area contributed by atoms with Crippen LogP contribution >= 0.6 is 0 Å². The molecule has 0 unspecified atom stereocenters. The molecule has 0 aliphatic carbocycles. The van der Waals surface area contributed by atoms with Gasteiger partial charge in [-0.1, -0.05) is 84.9 Å². The fourth-order valence-corrected chi connectivity index (χ4v) is 2.16. The van der Waals surface area contributed by atoms with E-state index in [0.717, 1.165) is 17.4 Å². The first-order valence-electron chi connectivity index (χ1n) is 7.55. The summed E-state index contributed by atoms with van der Waals surface area (Å²) in [5, 5.41) is 8.37. The topological polar surface area (TPSA) is 89.4 Å². The molecular weight excluding hydrogens is 314 g/mol. The zero-order valence-corrected chi connectivity index (χ0v) is 13.8. The van der Waals surface area contributed by atoms with Crippen LogP contribution in [0.15, 0.2) is 84.9 Å². The second kappa shape index (κ2) is 10.5. The molecule has 0 saturated heterocycles. The van der Waals surface area contributed by atoms with Gasteiger partial charge in [-0.25, -0.2) is 0 Å². The van der Waals surface area contributed by atoms with Crippen molar-refractivity contribution in [2.24, 2.45) is 0 Å². The van der Waals surface area contributed by atoms with Gasteiger partial charge in [0.2, 0.25) is 0 Å². The summed E-state index contributed by atoms with van der Waals surface area (Å²) in [6, 6.07) is 26.8. The predicted octanol–water partition coefficient (Wildman–Crippen LogP) is 4.64. The van der Waals surface area contributed by atoms with Crippen LogP contribution in [0.5, 0.6) is 0 Å². The zero-order valence-electron chi connectivity index (χ0n) is 13.8. The summed E-state index contributed by atoms with van der Waals surface area (Å²) in [5.74, 6) is -0.786. The van der Waals surface area contributed by atoms with Gasteiger partial charge >= 0.3 is 5.97 Å². The molecule has 0 bridgehead atoms. The molecule has 3 aromatic rings. The smallest absolute Gasteiger partial charge is 0.307 e. The molecule has 0 atom stereocenters. The van der Waals surface area contributed by atoms with Gasteiger partial charge in [0.15, 0.2) is 0 Å². The molecule has 0 spiro atoms. The van der Waals surface area contributed by atoms with Crippen LogP contribution in [0.4, 0.5) is 0 Å². The van der Waals surface area contributed by atoms with E-state index in [1.165, 1.54) is 5.56 Å². The summed E-state index contributed by atoms with van der Waals surface area (Å²) in [6.07, 6.45) is 0.968. The van der Waals surface area contributed by atoms with Gasteiger partial charge in [-0.05, 0) is 16.7 Å². The molecule has 0 amide bonds. The number of rotatable bonds is 4. The molecule has 0 aliphatic heterocycles. The minimum Gasteiger partial charge on any atom is -0.481 e. The van der Waals surface area contributed by atoms with Crippen LogP contribution in [-0.2, 0) is 11.2 Å². The Hall–Kier alpha value is -3.24. The summed E-state index contributed by atoms with van der Waals surface area (Å²) in [7, 11) is 0. The molecule has 3 rings (SSSR count). The Morgan fingerprint density at radius 1 is 0.760 bits per heavy atom. The van der Waals surface area contributed by atoms with E-state index < -0.39 is 5.97 Å². The second-order valence-electron chi connectivity index (χ2n) is 5.16. The fourth-order valence-electron chi connectivity index (χ4n) is 2.16. The van der Waals surface area contributed by atoms with E-state index in [-0.39, 0.29) is 12.6 Å². The van der Waals surface area contributed by atoms with Crippen LogP contribution < -0.4 is 6.15 Å². The monoisotopic (exact) mass is 335 g/mol. The van der Waals surface area contributed by atoms with E-state index in [9.17, 15) is 9.59 Å². The molecule has 0 saturated carbocycles. The molecule has 0 aromatic heterocycles. The Bertz CT molecular complexity index is 769. The Labute approximate surface area is 147 Å². The Morgan fingerprint density at radius 3 is 1.72 bits per heavy atom. The number of aldehydes is 1. The minimum atomic E-state index is -0.786. The Kier molecular flexibility index (Phi) is 8.33. The van der Waals surface area contributed by atoms with Crippen molar-refractivity contribution in [3.05, 3.63) is 96.1 Å². The van der Waals surface area contributed by atoms with Crippen molar-refractivity contribution in [3.63, 3.8) is 0 Å². The molecule has 3 aromatic carbocycles. The van der Waals surface area contributed by atoms with Crippen LogP contribution in [0.2, 0.25) is 0 Å². The van der Waals surface area contributed by atoms with Crippen molar-refractivity contribution in [1.82, 2.24) is 6.15 Å². The van der Waals surface area contributed by atoms with Crippen molar-refractivity contribution >= 4 is 12.3 Å². The standard InChI is InChI=1S/C13H10O.C8H8O2.H3N/c14-10-11-6-8-13(9-7-11)12-4-2-1-3-5-12;9-8(10)6-7-4-2-1-3-5-7;/h1-10H;1-5H,6H2,(H,9,10);1H3. The Morgan fingerprint density at radius 2 is 1.24 bits per heavy atom. The van der Waals surface area contributed by atoms with Gasteiger partial charge in [0.1, 0.15) is 6.29 Å². The number of hydrogen-bond donors (Lipinski definition) is 2. The van der Waals surface area contributed by atoms with E-state index in [1.54, 1.807) is 12.1 Å². The van der Waals surface area contributed by atoms with Crippen LogP contribution in [0, 0.1) is 0 Å². The largest absolute Gasteiger partial charge is 0.481 e. The number of carbonyl (C=O) groups is 2. The van der Waals surface area contributed by atoms with Gasteiger partial charge < -0.3 is 11.3 Å². The normalized spacial score (nSPS) is 9.12. The van der Waals surface area contributed by atoms with Crippen LogP contribution in [-0.4, -0.2) is 17.4 Å². The third-order valence-corrected chi connectivity index (χ3v) is 3.35. The van der Waals surface area contributed by atoms with Gasteiger partial charge in [0.25, 0.3) is 0 Å². The average Bonchev–Trinajstić information content (AvgIpc) is 2.63. The molecule has 4 N–H and O–H groups in total. The first kappa shape index (κ1) is 19.8. The van der Waals surface area contributed by atoms with E-state index in [2.05, 4.69) is 12.1 Å². The van der Waals surface area contributed by atoms with Crippen molar-refractivity contribution in [2.75, 3.05) is 0 Å². The lowest BCUT2D eigenvalue weighted by Gasteiger charge is -2.00. The van der Waals surface area contributed by atoms with Gasteiger partial charge in [-0.2, -0.15) is 0 Å². The van der Waals surface area contributed by atoms with E-state index in [4.69, 9.17) is 5.11 Å². The highest BCUT2D eigenvalue weighted by Gasteiger charge is 1.97. The quantitative estimate of drug-likeness (QED) is 0.680. The third-order valence-electron chi connectivity index (χ3n) is 3.35. The average molecular weight is 335 g/mol. The Balaban J connectivity index is 0.000000254. The van der Waals surface area contributed by atoms with Gasteiger partial charge in [-0.3, -0.25) is 9.59 Å². The second-order valence-corrected chi connectivity index (χ2v) is 5.16. The van der Waals surface area contributed by atoms with Crippen molar-refractivity contribution < 1.29 is 14.7 Å². The van der Waals surface area contributed by atoms with Crippen LogP contribution in [0.3, 0.4) is 0 Å². The summed E-state index contributed by atoms with van der Waals surface area (Å²) in [4.78, 5) is 20.6. The molecule has 0 fully saturated rings. The maximum Gasteiger partial charge on any atom is 0.307 e. The van der Waals surface area contributed by atoms with Crippen molar-refractivity contribution in [2.45, 2.75) is 6.42 Å². The van der Waals surface area contributed by atoms with Gasteiger partial charge in [-0.15, -0.1) is 0 Å². The number of carboxylic acids is 1.